The van der Waals surface area contributed by atoms with Crippen molar-refractivity contribution in [2.75, 3.05) is 13.2 Å². The van der Waals surface area contributed by atoms with Gasteiger partial charge in [-0.1, -0.05) is 71.1 Å². The maximum Gasteiger partial charge on any atom is 0.0494 e. The molecule has 0 spiro atoms. The SMILES string of the molecule is CCCCCCCCCCCOCC1CCCC1. The van der Waals surface area contributed by atoms with Crippen LogP contribution in [0.1, 0.15) is 90.4 Å². The maximum absolute atomic E-state index is 5.78. The van der Waals surface area contributed by atoms with Crippen molar-refractivity contribution in [3.8, 4) is 0 Å². The molecule has 0 atom stereocenters. The third kappa shape index (κ3) is 8.97. The Morgan fingerprint density at radius 3 is 1.94 bits per heavy atom. The lowest BCUT2D eigenvalue weighted by Gasteiger charge is -2.09. The number of hydrogen-bond acceptors (Lipinski definition) is 1. The first-order valence-corrected chi connectivity index (χ1v) is 8.51. The van der Waals surface area contributed by atoms with Crippen LogP contribution in [0.3, 0.4) is 0 Å². The molecule has 0 unspecified atom stereocenters. The van der Waals surface area contributed by atoms with Gasteiger partial charge in [-0.05, 0) is 25.2 Å². The zero-order valence-electron chi connectivity index (χ0n) is 12.6. The summed E-state index contributed by atoms with van der Waals surface area (Å²) < 4.78 is 5.78. The average Bonchev–Trinajstić information content (AvgIpc) is 2.89. The second-order valence-corrected chi connectivity index (χ2v) is 6.05. The second-order valence-electron chi connectivity index (χ2n) is 6.05. The first-order valence-electron chi connectivity index (χ1n) is 8.51. The van der Waals surface area contributed by atoms with Gasteiger partial charge in [-0.15, -0.1) is 0 Å². The van der Waals surface area contributed by atoms with Gasteiger partial charge in [0, 0.05) is 13.2 Å². The van der Waals surface area contributed by atoms with Gasteiger partial charge in [-0.25, -0.2) is 0 Å². The molecule has 1 aliphatic carbocycles. The van der Waals surface area contributed by atoms with Crippen LogP contribution >= 0.6 is 0 Å². The molecule has 1 heteroatoms. The molecule has 0 N–H and O–H groups in total. The minimum atomic E-state index is 0.892. The topological polar surface area (TPSA) is 9.23 Å². The smallest absolute Gasteiger partial charge is 0.0494 e. The van der Waals surface area contributed by atoms with Crippen LogP contribution in [0.5, 0.6) is 0 Å². The van der Waals surface area contributed by atoms with Crippen LogP contribution < -0.4 is 0 Å². The molecule has 1 fully saturated rings. The fourth-order valence-electron chi connectivity index (χ4n) is 2.94. The molecule has 0 aromatic heterocycles. The summed E-state index contributed by atoms with van der Waals surface area (Å²) in [5.41, 5.74) is 0. The summed E-state index contributed by atoms with van der Waals surface area (Å²) in [5, 5.41) is 0. The second kappa shape index (κ2) is 12.0. The number of rotatable bonds is 12. The molecule has 0 amide bonds. The van der Waals surface area contributed by atoms with Crippen molar-refractivity contribution in [2.24, 2.45) is 5.92 Å². The Labute approximate surface area is 115 Å². The highest BCUT2D eigenvalue weighted by Gasteiger charge is 2.14. The van der Waals surface area contributed by atoms with E-state index in [1.165, 1.54) is 83.5 Å². The van der Waals surface area contributed by atoms with Crippen LogP contribution in [-0.2, 0) is 4.74 Å². The van der Waals surface area contributed by atoms with Gasteiger partial charge in [-0.3, -0.25) is 0 Å². The summed E-state index contributed by atoms with van der Waals surface area (Å²) in [6, 6.07) is 0. The van der Waals surface area contributed by atoms with Crippen LogP contribution in [0.25, 0.3) is 0 Å². The van der Waals surface area contributed by atoms with E-state index in [1.807, 2.05) is 0 Å². The van der Waals surface area contributed by atoms with Gasteiger partial charge in [0.25, 0.3) is 0 Å². The first-order chi connectivity index (χ1) is 8.93. The Kier molecular flexibility index (Phi) is 10.7. The average molecular weight is 254 g/mol. The molecule has 1 rings (SSSR count). The minimum Gasteiger partial charge on any atom is -0.381 e. The van der Waals surface area contributed by atoms with E-state index >= 15 is 0 Å². The van der Waals surface area contributed by atoms with Crippen molar-refractivity contribution < 1.29 is 4.74 Å². The van der Waals surface area contributed by atoms with Gasteiger partial charge in [-0.2, -0.15) is 0 Å². The summed E-state index contributed by atoms with van der Waals surface area (Å²) in [5.74, 6) is 0.892. The number of ether oxygens (including phenoxy) is 1. The van der Waals surface area contributed by atoms with E-state index in [9.17, 15) is 0 Å². The third-order valence-electron chi connectivity index (χ3n) is 4.22. The van der Waals surface area contributed by atoms with Crippen molar-refractivity contribution in [1.29, 1.82) is 0 Å². The van der Waals surface area contributed by atoms with E-state index in [0.29, 0.717) is 0 Å². The molecule has 0 bridgehead atoms. The van der Waals surface area contributed by atoms with Gasteiger partial charge in [0.15, 0.2) is 0 Å². The number of unbranched alkanes of at least 4 members (excludes halogenated alkanes) is 8. The van der Waals surface area contributed by atoms with Gasteiger partial charge in [0.1, 0.15) is 0 Å². The normalized spacial score (nSPS) is 16.5. The van der Waals surface area contributed by atoms with Gasteiger partial charge >= 0.3 is 0 Å². The molecule has 1 aliphatic rings. The van der Waals surface area contributed by atoms with Crippen molar-refractivity contribution in [3.63, 3.8) is 0 Å². The van der Waals surface area contributed by atoms with E-state index in [0.717, 1.165) is 19.1 Å². The lowest BCUT2D eigenvalue weighted by Crippen LogP contribution is -2.06. The molecule has 1 saturated carbocycles. The van der Waals surface area contributed by atoms with E-state index in [4.69, 9.17) is 4.74 Å². The Hall–Kier alpha value is -0.0400. The fraction of sp³-hybridized carbons (Fsp3) is 1.00. The predicted octanol–water partition coefficient (Wildman–Crippen LogP) is 5.72. The van der Waals surface area contributed by atoms with Gasteiger partial charge < -0.3 is 4.74 Å². The van der Waals surface area contributed by atoms with E-state index in [1.54, 1.807) is 0 Å². The van der Waals surface area contributed by atoms with E-state index < -0.39 is 0 Å². The van der Waals surface area contributed by atoms with Crippen LogP contribution in [-0.4, -0.2) is 13.2 Å². The zero-order valence-corrected chi connectivity index (χ0v) is 12.6. The monoisotopic (exact) mass is 254 g/mol. The highest BCUT2D eigenvalue weighted by atomic mass is 16.5. The molecule has 108 valence electrons. The summed E-state index contributed by atoms with van der Waals surface area (Å²) in [4.78, 5) is 0. The Morgan fingerprint density at radius 2 is 1.33 bits per heavy atom. The molecule has 0 saturated heterocycles. The summed E-state index contributed by atoms with van der Waals surface area (Å²) in [6.07, 6.45) is 18.3. The van der Waals surface area contributed by atoms with Crippen LogP contribution in [0.15, 0.2) is 0 Å². The zero-order chi connectivity index (χ0) is 12.9. The summed E-state index contributed by atoms with van der Waals surface area (Å²) in [6.45, 7) is 4.33. The van der Waals surface area contributed by atoms with Crippen LogP contribution in [0.2, 0.25) is 0 Å². The van der Waals surface area contributed by atoms with Crippen molar-refractivity contribution >= 4 is 0 Å². The third-order valence-corrected chi connectivity index (χ3v) is 4.22. The van der Waals surface area contributed by atoms with Crippen molar-refractivity contribution in [3.05, 3.63) is 0 Å². The van der Waals surface area contributed by atoms with Crippen molar-refractivity contribution in [2.45, 2.75) is 90.4 Å². The standard InChI is InChI=1S/C17H34O/c1-2-3-4-5-6-7-8-9-12-15-18-16-17-13-10-11-14-17/h17H,2-16H2,1H3. The Balaban J connectivity index is 1.68. The lowest BCUT2D eigenvalue weighted by atomic mass is 10.1. The van der Waals surface area contributed by atoms with Crippen LogP contribution in [0.4, 0.5) is 0 Å². The molecule has 0 aromatic rings. The lowest BCUT2D eigenvalue weighted by molar-refractivity contribution is 0.0978. The quantitative estimate of drug-likeness (QED) is 0.404. The molecular formula is C17H34O. The Morgan fingerprint density at radius 1 is 0.778 bits per heavy atom. The molecular weight excluding hydrogens is 220 g/mol. The fourth-order valence-corrected chi connectivity index (χ4v) is 2.94. The predicted molar refractivity (Wildman–Crippen MR) is 80.0 cm³/mol. The summed E-state index contributed by atoms with van der Waals surface area (Å²) in [7, 11) is 0. The van der Waals surface area contributed by atoms with Crippen molar-refractivity contribution in [1.82, 2.24) is 0 Å². The largest absolute Gasteiger partial charge is 0.381 e. The summed E-state index contributed by atoms with van der Waals surface area (Å²) >= 11 is 0. The van der Waals surface area contributed by atoms with E-state index in [-0.39, 0.29) is 0 Å². The van der Waals surface area contributed by atoms with Gasteiger partial charge in [0.05, 0.1) is 0 Å². The maximum atomic E-state index is 5.78. The highest BCUT2D eigenvalue weighted by Crippen LogP contribution is 2.24. The van der Waals surface area contributed by atoms with Gasteiger partial charge in [0.2, 0.25) is 0 Å². The molecule has 0 radical (unpaired) electrons. The first kappa shape index (κ1) is 16.0. The molecule has 18 heavy (non-hydrogen) atoms. The number of hydrogen-bond donors (Lipinski definition) is 0. The van der Waals surface area contributed by atoms with Crippen LogP contribution in [0, 0.1) is 5.92 Å². The van der Waals surface area contributed by atoms with E-state index in [2.05, 4.69) is 6.92 Å². The Bertz CT molecular complexity index is 161. The molecule has 0 heterocycles. The molecule has 1 nitrogen and oxygen atoms in total. The minimum absolute atomic E-state index is 0.892. The highest BCUT2D eigenvalue weighted by molar-refractivity contribution is 4.66. The molecule has 0 aromatic carbocycles. The molecule has 0 aliphatic heterocycles.